The average molecular weight is 382 g/mol. The summed E-state index contributed by atoms with van der Waals surface area (Å²) in [5, 5.41) is 4.96. The van der Waals surface area contributed by atoms with Crippen LogP contribution in [0.4, 0.5) is 13.6 Å². The van der Waals surface area contributed by atoms with Crippen molar-refractivity contribution >= 4 is 17.8 Å². The highest BCUT2D eigenvalue weighted by Crippen LogP contribution is 2.21. The van der Waals surface area contributed by atoms with Crippen molar-refractivity contribution in [1.82, 2.24) is 15.5 Å². The molecule has 9 heteroatoms. The Kier molecular flexibility index (Phi) is 7.51. The van der Waals surface area contributed by atoms with E-state index in [0.717, 1.165) is 25.0 Å². The number of urea groups is 1. The fraction of sp³-hybridized carbons (Fsp3) is 0.500. The van der Waals surface area contributed by atoms with Gasteiger partial charge in [-0.1, -0.05) is 6.07 Å². The Morgan fingerprint density at radius 1 is 1.19 bits per heavy atom. The largest absolute Gasteiger partial charge is 0.352 e. The summed E-state index contributed by atoms with van der Waals surface area (Å²) in [6, 6.07) is 2.76. The maximum absolute atomic E-state index is 13.1. The minimum absolute atomic E-state index is 0.128. The molecule has 1 fully saturated rings. The normalized spacial score (nSPS) is 16.7. The zero-order chi connectivity index (χ0) is 19.8. The van der Waals surface area contributed by atoms with Crippen molar-refractivity contribution in [2.75, 3.05) is 19.6 Å². The number of hydrogen-bond donors (Lipinski definition) is 3. The fourth-order valence-corrected chi connectivity index (χ4v) is 3.08. The fourth-order valence-electron chi connectivity index (χ4n) is 3.08. The number of amides is 4. The SMILES string of the molecule is NC(=O)NCC(=O)N1CCCC(CCC(=O)NCc2ccc(F)c(F)c2)C1. The molecule has 7 nitrogen and oxygen atoms in total. The molecule has 2 rings (SSSR count). The first-order chi connectivity index (χ1) is 12.8. The summed E-state index contributed by atoms with van der Waals surface area (Å²) >= 11 is 0. The number of primary amides is 1. The van der Waals surface area contributed by atoms with Gasteiger partial charge in [0.2, 0.25) is 11.8 Å². The molecular weight excluding hydrogens is 358 g/mol. The molecule has 0 bridgehead atoms. The van der Waals surface area contributed by atoms with Crippen LogP contribution in [0.3, 0.4) is 0 Å². The average Bonchev–Trinajstić information content (AvgIpc) is 2.65. The molecule has 1 aromatic carbocycles. The number of nitrogens with two attached hydrogens (primary N) is 1. The third-order valence-corrected chi connectivity index (χ3v) is 4.54. The van der Waals surface area contributed by atoms with E-state index in [4.69, 9.17) is 5.73 Å². The van der Waals surface area contributed by atoms with Crippen LogP contribution in [0, 0.1) is 17.6 Å². The third kappa shape index (κ3) is 6.84. The molecule has 0 aromatic heterocycles. The maximum atomic E-state index is 13.1. The van der Waals surface area contributed by atoms with E-state index in [1.165, 1.54) is 6.07 Å². The molecule has 1 aromatic rings. The van der Waals surface area contributed by atoms with Crippen molar-refractivity contribution in [1.29, 1.82) is 0 Å². The van der Waals surface area contributed by atoms with Gasteiger partial charge in [0, 0.05) is 26.1 Å². The highest BCUT2D eigenvalue weighted by atomic mass is 19.2. The van der Waals surface area contributed by atoms with Crippen LogP contribution >= 0.6 is 0 Å². The number of hydrogen-bond acceptors (Lipinski definition) is 3. The molecule has 0 saturated carbocycles. The summed E-state index contributed by atoms with van der Waals surface area (Å²) in [6.45, 7) is 1.16. The third-order valence-electron chi connectivity index (χ3n) is 4.54. The molecule has 0 radical (unpaired) electrons. The van der Waals surface area contributed by atoms with Gasteiger partial charge < -0.3 is 21.3 Å². The monoisotopic (exact) mass is 382 g/mol. The maximum Gasteiger partial charge on any atom is 0.312 e. The van der Waals surface area contributed by atoms with Crippen molar-refractivity contribution in [3.05, 3.63) is 35.4 Å². The van der Waals surface area contributed by atoms with E-state index in [-0.39, 0.29) is 37.2 Å². The van der Waals surface area contributed by atoms with Crippen molar-refractivity contribution in [3.63, 3.8) is 0 Å². The molecule has 1 aliphatic heterocycles. The second-order valence-corrected chi connectivity index (χ2v) is 6.63. The number of halogens is 2. The number of nitrogens with one attached hydrogen (secondary N) is 2. The Bertz CT molecular complexity index is 699. The van der Waals surface area contributed by atoms with Gasteiger partial charge in [-0.25, -0.2) is 13.6 Å². The van der Waals surface area contributed by atoms with Crippen molar-refractivity contribution in [2.45, 2.75) is 32.2 Å². The predicted octanol–water partition coefficient (Wildman–Crippen LogP) is 1.27. The molecule has 4 amide bonds. The van der Waals surface area contributed by atoms with E-state index in [1.807, 2.05) is 0 Å². The second kappa shape index (κ2) is 9.84. The molecule has 1 aliphatic rings. The molecule has 0 aliphatic carbocycles. The number of carbonyl (C=O) groups excluding carboxylic acids is 3. The van der Waals surface area contributed by atoms with Gasteiger partial charge in [-0.2, -0.15) is 0 Å². The number of nitrogens with zero attached hydrogens (tertiary/aromatic N) is 1. The second-order valence-electron chi connectivity index (χ2n) is 6.63. The van der Waals surface area contributed by atoms with E-state index >= 15 is 0 Å². The first kappa shape index (κ1) is 20.6. The standard InChI is InChI=1S/C18H24F2N4O3/c19-14-5-3-13(8-15(14)20)9-22-16(25)6-4-12-2-1-7-24(11-12)17(26)10-23-18(21)27/h3,5,8,12H,1-2,4,6-7,9-11H2,(H,22,25)(H3,21,23,27). The van der Waals surface area contributed by atoms with Crippen LogP contribution in [-0.2, 0) is 16.1 Å². The van der Waals surface area contributed by atoms with Crippen LogP contribution in [0.15, 0.2) is 18.2 Å². The summed E-state index contributed by atoms with van der Waals surface area (Å²) in [6.07, 6.45) is 2.67. The van der Waals surface area contributed by atoms with Crippen LogP contribution in [0.25, 0.3) is 0 Å². The Hall–Kier alpha value is -2.71. The molecule has 148 valence electrons. The minimum Gasteiger partial charge on any atom is -0.352 e. The van der Waals surface area contributed by atoms with Crippen LogP contribution in [-0.4, -0.2) is 42.4 Å². The van der Waals surface area contributed by atoms with E-state index in [2.05, 4.69) is 10.6 Å². The van der Waals surface area contributed by atoms with Crippen LogP contribution in [0.5, 0.6) is 0 Å². The number of benzene rings is 1. The smallest absolute Gasteiger partial charge is 0.312 e. The van der Waals surface area contributed by atoms with Gasteiger partial charge >= 0.3 is 6.03 Å². The Balaban J connectivity index is 1.71. The lowest BCUT2D eigenvalue weighted by Crippen LogP contribution is -2.46. The van der Waals surface area contributed by atoms with E-state index in [0.29, 0.717) is 25.1 Å². The highest BCUT2D eigenvalue weighted by molar-refractivity contribution is 5.83. The van der Waals surface area contributed by atoms with E-state index in [9.17, 15) is 23.2 Å². The summed E-state index contributed by atoms with van der Waals surface area (Å²) in [4.78, 5) is 36.4. The molecule has 1 saturated heterocycles. The van der Waals surface area contributed by atoms with Crippen LogP contribution in [0.2, 0.25) is 0 Å². The van der Waals surface area contributed by atoms with Gasteiger partial charge in [0.1, 0.15) is 0 Å². The molecular formula is C18H24F2N4O3. The van der Waals surface area contributed by atoms with E-state index in [1.54, 1.807) is 4.90 Å². The van der Waals surface area contributed by atoms with Gasteiger partial charge in [0.25, 0.3) is 0 Å². The van der Waals surface area contributed by atoms with Crippen molar-refractivity contribution in [2.24, 2.45) is 11.7 Å². The number of piperidine rings is 1. The number of rotatable bonds is 7. The lowest BCUT2D eigenvalue weighted by molar-refractivity contribution is -0.131. The lowest BCUT2D eigenvalue weighted by atomic mass is 9.93. The Morgan fingerprint density at radius 3 is 2.67 bits per heavy atom. The van der Waals surface area contributed by atoms with Crippen LogP contribution in [0.1, 0.15) is 31.2 Å². The minimum atomic E-state index is -0.945. The topological polar surface area (TPSA) is 105 Å². The first-order valence-corrected chi connectivity index (χ1v) is 8.87. The predicted molar refractivity (Wildman–Crippen MR) is 94.3 cm³/mol. The molecule has 1 unspecified atom stereocenters. The molecule has 0 spiro atoms. The van der Waals surface area contributed by atoms with Gasteiger partial charge in [0.05, 0.1) is 6.54 Å². The van der Waals surface area contributed by atoms with Crippen molar-refractivity contribution < 1.29 is 23.2 Å². The van der Waals surface area contributed by atoms with Crippen molar-refractivity contribution in [3.8, 4) is 0 Å². The summed E-state index contributed by atoms with van der Waals surface area (Å²) in [7, 11) is 0. The molecule has 4 N–H and O–H groups in total. The zero-order valence-electron chi connectivity index (χ0n) is 15.0. The Morgan fingerprint density at radius 2 is 1.96 bits per heavy atom. The summed E-state index contributed by atoms with van der Waals surface area (Å²) in [5.74, 6) is -2.04. The Labute approximate surface area is 156 Å². The quantitative estimate of drug-likeness (QED) is 0.661. The first-order valence-electron chi connectivity index (χ1n) is 8.87. The van der Waals surface area contributed by atoms with E-state index < -0.39 is 17.7 Å². The van der Waals surface area contributed by atoms with Gasteiger partial charge in [0.15, 0.2) is 11.6 Å². The summed E-state index contributed by atoms with van der Waals surface area (Å²) in [5.41, 5.74) is 5.44. The van der Waals surface area contributed by atoms with Crippen LogP contribution < -0.4 is 16.4 Å². The molecule has 1 heterocycles. The number of likely N-dealkylation sites (tertiary alicyclic amines) is 1. The van der Waals surface area contributed by atoms with Gasteiger partial charge in [-0.05, 0) is 42.9 Å². The lowest BCUT2D eigenvalue weighted by Gasteiger charge is -2.32. The highest BCUT2D eigenvalue weighted by Gasteiger charge is 2.24. The zero-order valence-corrected chi connectivity index (χ0v) is 15.0. The molecule has 1 atom stereocenters. The molecule has 27 heavy (non-hydrogen) atoms. The van der Waals surface area contributed by atoms with Gasteiger partial charge in [-0.3, -0.25) is 9.59 Å². The summed E-state index contributed by atoms with van der Waals surface area (Å²) < 4.78 is 26.0. The van der Waals surface area contributed by atoms with Gasteiger partial charge in [-0.15, -0.1) is 0 Å². The number of carbonyl (C=O) groups is 3.